The number of imidazole rings is 1. The number of benzene rings is 4. The number of para-hydroxylation sites is 3. The molecule has 4 nitrogen and oxygen atoms in total. The molecular formula is C37H34N3OPt-. The number of aromatic hydroxyl groups is 1. The molecule has 4 aromatic carbocycles. The molecule has 6 aromatic rings. The van der Waals surface area contributed by atoms with Crippen LogP contribution in [0.3, 0.4) is 0 Å². The van der Waals surface area contributed by atoms with Crippen molar-refractivity contribution in [2.75, 3.05) is 0 Å². The number of fused-ring (bicyclic) bond motifs is 1. The number of aromatic nitrogens is 3. The second-order valence-corrected chi connectivity index (χ2v) is 11.4. The molecule has 0 amide bonds. The molecule has 2 N–H and O–H groups in total. The Kier molecular flexibility index (Phi) is 8.48. The summed E-state index contributed by atoms with van der Waals surface area (Å²) < 4.78 is 0. The Morgan fingerprint density at radius 1 is 0.690 bits per heavy atom. The molecular weight excluding hydrogens is 698 g/mol. The Morgan fingerprint density at radius 3 is 2.00 bits per heavy atom. The average molecular weight is 732 g/mol. The normalized spacial score (nSPS) is 11.3. The van der Waals surface area contributed by atoms with Crippen molar-refractivity contribution in [3.8, 4) is 50.8 Å². The van der Waals surface area contributed by atoms with Gasteiger partial charge >= 0.3 is 0 Å². The predicted octanol–water partition coefficient (Wildman–Crippen LogP) is 9.68. The van der Waals surface area contributed by atoms with E-state index in [9.17, 15) is 5.11 Å². The Labute approximate surface area is 262 Å². The molecule has 0 saturated carbocycles. The van der Waals surface area contributed by atoms with E-state index >= 15 is 0 Å². The molecule has 0 saturated heterocycles. The van der Waals surface area contributed by atoms with E-state index in [1.165, 1.54) is 16.7 Å². The number of H-pyrrole nitrogens is 1. The Balaban J connectivity index is 0.00000353. The molecule has 0 spiro atoms. The van der Waals surface area contributed by atoms with Crippen LogP contribution in [0.15, 0.2) is 91.0 Å². The van der Waals surface area contributed by atoms with Crippen molar-refractivity contribution < 1.29 is 26.2 Å². The van der Waals surface area contributed by atoms with Crippen molar-refractivity contribution in [1.29, 1.82) is 0 Å². The van der Waals surface area contributed by atoms with E-state index in [1.807, 2.05) is 48.5 Å². The van der Waals surface area contributed by atoms with Crippen LogP contribution >= 0.6 is 0 Å². The van der Waals surface area contributed by atoms with Crippen molar-refractivity contribution in [3.63, 3.8) is 0 Å². The zero-order chi connectivity index (χ0) is 28.7. The van der Waals surface area contributed by atoms with Crippen LogP contribution in [0.2, 0.25) is 0 Å². The molecule has 5 heteroatoms. The van der Waals surface area contributed by atoms with Crippen molar-refractivity contribution >= 4 is 11.0 Å². The first kappa shape index (κ1) is 29.5. The number of nitrogens with one attached hydrogen (secondary N) is 1. The van der Waals surface area contributed by atoms with Gasteiger partial charge in [0.25, 0.3) is 0 Å². The number of nitrogens with zero attached hydrogens (tertiary/aromatic N) is 2. The maximum Gasteiger partial charge on any atom is 0.124 e. The molecule has 0 aliphatic rings. The van der Waals surface area contributed by atoms with Gasteiger partial charge in [-0.25, -0.2) is 0 Å². The maximum absolute atomic E-state index is 10.6. The molecule has 2 heterocycles. The first-order chi connectivity index (χ1) is 19.7. The van der Waals surface area contributed by atoms with Gasteiger partial charge in [-0.3, -0.25) is 9.97 Å². The smallest absolute Gasteiger partial charge is 0.124 e. The zero-order valence-corrected chi connectivity index (χ0v) is 26.7. The van der Waals surface area contributed by atoms with Crippen molar-refractivity contribution in [3.05, 3.63) is 114 Å². The summed E-state index contributed by atoms with van der Waals surface area (Å²) in [7, 11) is 0. The molecule has 0 unspecified atom stereocenters. The van der Waals surface area contributed by atoms with E-state index in [2.05, 4.69) is 82.1 Å². The number of hydrogen-bond donors (Lipinski definition) is 2. The van der Waals surface area contributed by atoms with Gasteiger partial charge in [-0.15, -0.1) is 18.2 Å². The molecule has 0 atom stereocenters. The van der Waals surface area contributed by atoms with Crippen LogP contribution in [0.5, 0.6) is 5.75 Å². The van der Waals surface area contributed by atoms with Gasteiger partial charge in [0.2, 0.25) is 0 Å². The number of aryl methyl sites for hydroxylation is 1. The summed E-state index contributed by atoms with van der Waals surface area (Å²) in [5.74, 6) is 1.81. The summed E-state index contributed by atoms with van der Waals surface area (Å²) in [4.78, 5) is 13.4. The summed E-state index contributed by atoms with van der Waals surface area (Å²) in [6.45, 7) is 11.0. The number of pyridine rings is 1. The van der Waals surface area contributed by atoms with Crippen LogP contribution in [0.25, 0.3) is 56.1 Å². The third-order valence-corrected chi connectivity index (χ3v) is 7.58. The minimum atomic E-state index is 0. The second-order valence-electron chi connectivity index (χ2n) is 11.4. The summed E-state index contributed by atoms with van der Waals surface area (Å²) >= 11 is 0. The van der Waals surface area contributed by atoms with Crippen LogP contribution < -0.4 is 0 Å². The third kappa shape index (κ3) is 5.96. The number of aromatic amines is 1. The zero-order valence-electron chi connectivity index (χ0n) is 24.5. The van der Waals surface area contributed by atoms with Gasteiger partial charge < -0.3 is 10.1 Å². The van der Waals surface area contributed by atoms with E-state index in [0.717, 1.165) is 50.5 Å². The average Bonchev–Trinajstić information content (AvgIpc) is 3.41. The van der Waals surface area contributed by atoms with Gasteiger partial charge in [0.1, 0.15) is 5.75 Å². The quantitative estimate of drug-likeness (QED) is 0.168. The van der Waals surface area contributed by atoms with E-state index < -0.39 is 0 Å². The number of phenolic OH excluding ortho intramolecular Hbond substituents is 1. The van der Waals surface area contributed by atoms with Gasteiger partial charge in [-0.1, -0.05) is 98.5 Å². The van der Waals surface area contributed by atoms with Gasteiger partial charge in [-0.2, -0.15) is 0 Å². The van der Waals surface area contributed by atoms with Gasteiger partial charge in [-0.05, 0) is 65.8 Å². The summed E-state index contributed by atoms with van der Waals surface area (Å²) in [5.41, 5.74) is 11.8. The maximum atomic E-state index is 10.6. The van der Waals surface area contributed by atoms with E-state index in [4.69, 9.17) is 9.97 Å². The molecule has 2 aromatic heterocycles. The fourth-order valence-corrected chi connectivity index (χ4v) is 5.23. The van der Waals surface area contributed by atoms with Crippen molar-refractivity contribution in [1.82, 2.24) is 15.0 Å². The van der Waals surface area contributed by atoms with E-state index in [0.29, 0.717) is 17.4 Å². The van der Waals surface area contributed by atoms with E-state index in [-0.39, 0.29) is 26.8 Å². The topological polar surface area (TPSA) is 61.8 Å². The third-order valence-electron chi connectivity index (χ3n) is 7.58. The molecule has 0 fully saturated rings. The molecule has 0 aliphatic carbocycles. The summed E-state index contributed by atoms with van der Waals surface area (Å²) in [5, 5.41) is 10.6. The Hall–Kier alpha value is -4.01. The predicted molar refractivity (Wildman–Crippen MR) is 169 cm³/mol. The van der Waals surface area contributed by atoms with Crippen molar-refractivity contribution in [2.24, 2.45) is 0 Å². The fourth-order valence-electron chi connectivity index (χ4n) is 5.23. The molecule has 6 rings (SSSR count). The van der Waals surface area contributed by atoms with Gasteiger partial charge in [0.15, 0.2) is 0 Å². The summed E-state index contributed by atoms with van der Waals surface area (Å²) in [6, 6.07) is 34.4. The Bertz CT molecular complexity index is 1830. The SMILES string of the molecule is Cc1cc(-c2[c-]c(-c3nc4ccccc4[nH]3)cc(-c3cc(C(C)C)cc(C(C)C)c3)c2)nc(-c2ccccc2O)c1.[Pt]. The van der Waals surface area contributed by atoms with Crippen LogP contribution in [0.4, 0.5) is 0 Å². The summed E-state index contributed by atoms with van der Waals surface area (Å²) in [6.07, 6.45) is 0. The van der Waals surface area contributed by atoms with Crippen molar-refractivity contribution in [2.45, 2.75) is 46.5 Å². The van der Waals surface area contributed by atoms with Crippen LogP contribution in [-0.2, 0) is 21.1 Å². The van der Waals surface area contributed by atoms with Crippen LogP contribution in [-0.4, -0.2) is 20.1 Å². The minimum Gasteiger partial charge on any atom is -0.507 e. The molecule has 214 valence electrons. The van der Waals surface area contributed by atoms with E-state index in [1.54, 1.807) is 6.07 Å². The first-order valence-electron chi connectivity index (χ1n) is 14.2. The Morgan fingerprint density at radius 2 is 1.31 bits per heavy atom. The van der Waals surface area contributed by atoms with Gasteiger partial charge in [0.05, 0.1) is 22.6 Å². The number of phenols is 1. The number of rotatable bonds is 6. The first-order valence-corrected chi connectivity index (χ1v) is 14.2. The van der Waals surface area contributed by atoms with Gasteiger partial charge in [0, 0.05) is 32.3 Å². The molecule has 0 aliphatic heterocycles. The van der Waals surface area contributed by atoms with Crippen LogP contribution in [0.1, 0.15) is 56.2 Å². The standard InChI is InChI=1S/C37H34N3O.Pt/c1-22(2)25-16-26(23(3)4)18-27(17-25)28-19-29(21-30(20-28)37-39-32-11-7-8-12-33(32)40-37)34-14-24(5)15-35(38-34)31-10-6-9-13-36(31)41;/h6-20,22-23,41H,1-5H3,(H,39,40);/q-1;. The largest absolute Gasteiger partial charge is 0.507 e. The van der Waals surface area contributed by atoms with Crippen LogP contribution in [0, 0.1) is 13.0 Å². The fraction of sp³-hybridized carbons (Fsp3) is 0.189. The monoisotopic (exact) mass is 731 g/mol. The molecule has 42 heavy (non-hydrogen) atoms. The minimum absolute atomic E-state index is 0. The number of hydrogen-bond acceptors (Lipinski definition) is 3. The molecule has 0 radical (unpaired) electrons. The second kappa shape index (κ2) is 12.1. The molecule has 0 bridgehead atoms.